The number of rotatable bonds is 3. The lowest BCUT2D eigenvalue weighted by atomic mass is 9.98. The summed E-state index contributed by atoms with van der Waals surface area (Å²) < 4.78 is 5.18. The van der Waals surface area contributed by atoms with Gasteiger partial charge in [0.05, 0.1) is 10.5 Å². The number of aryl methyl sites for hydroxylation is 1. The number of hydrogen-bond donors (Lipinski definition) is 1. The van der Waals surface area contributed by atoms with Crippen molar-refractivity contribution in [3.05, 3.63) is 56.9 Å². The molecule has 1 aliphatic rings. The molecule has 7 heteroatoms. The summed E-state index contributed by atoms with van der Waals surface area (Å²) in [4.78, 5) is 22.6. The molecule has 1 atom stereocenters. The smallest absolute Gasteiger partial charge is 0.272 e. The molecule has 0 aliphatic carbocycles. The van der Waals surface area contributed by atoms with Crippen molar-refractivity contribution in [1.82, 2.24) is 0 Å². The molecular formula is C13H11ClN2O4. The maximum absolute atomic E-state index is 12.1. The lowest BCUT2D eigenvalue weighted by Crippen LogP contribution is -2.15. The average Bonchev–Trinajstić information content (AvgIpc) is 2.66. The molecule has 0 aromatic heterocycles. The van der Waals surface area contributed by atoms with Gasteiger partial charge in [-0.2, -0.15) is 0 Å². The van der Waals surface area contributed by atoms with Gasteiger partial charge in [0.15, 0.2) is 12.0 Å². The molecule has 0 amide bonds. The highest BCUT2D eigenvalue weighted by molar-refractivity contribution is 6.28. The summed E-state index contributed by atoms with van der Waals surface area (Å²) in [6.45, 7) is 1.62. The van der Waals surface area contributed by atoms with Gasteiger partial charge in [0, 0.05) is 17.2 Å². The van der Waals surface area contributed by atoms with Crippen LogP contribution in [-0.4, -0.2) is 16.8 Å². The lowest BCUT2D eigenvalue weighted by molar-refractivity contribution is -0.385. The van der Waals surface area contributed by atoms with E-state index in [4.69, 9.17) is 22.1 Å². The van der Waals surface area contributed by atoms with Gasteiger partial charge < -0.3 is 10.5 Å². The minimum absolute atomic E-state index is 0.0621. The molecule has 0 fully saturated rings. The second-order valence-electron chi connectivity index (χ2n) is 4.22. The number of carbonyl (C=O) groups excluding carboxylic acids is 1. The van der Waals surface area contributed by atoms with Crippen LogP contribution in [0, 0.1) is 17.0 Å². The van der Waals surface area contributed by atoms with Gasteiger partial charge in [-0.15, -0.1) is 0 Å². The van der Waals surface area contributed by atoms with Crippen LogP contribution in [0.3, 0.4) is 0 Å². The third-order valence-electron chi connectivity index (χ3n) is 2.95. The topological polar surface area (TPSA) is 95.5 Å². The van der Waals surface area contributed by atoms with E-state index in [1.807, 2.05) is 0 Å². The Bertz CT molecular complexity index is 652. The molecule has 0 saturated heterocycles. The number of nitro benzene ring substituents is 1. The molecule has 1 aromatic carbocycles. The maximum atomic E-state index is 12.1. The monoisotopic (exact) mass is 294 g/mol. The number of halogens is 1. The van der Waals surface area contributed by atoms with Crippen LogP contribution in [0.4, 0.5) is 5.69 Å². The molecular weight excluding hydrogens is 284 g/mol. The van der Waals surface area contributed by atoms with Crippen LogP contribution in [0.15, 0.2) is 35.7 Å². The molecule has 1 heterocycles. The Kier molecular flexibility index (Phi) is 3.76. The third kappa shape index (κ3) is 2.37. The zero-order chi connectivity index (χ0) is 14.9. The summed E-state index contributed by atoms with van der Waals surface area (Å²) in [6, 6.07) is 4.47. The normalized spacial score (nSPS) is 18.7. The van der Waals surface area contributed by atoms with Gasteiger partial charge in [0.25, 0.3) is 5.69 Å². The first-order chi connectivity index (χ1) is 9.45. The zero-order valence-corrected chi connectivity index (χ0v) is 11.3. The molecule has 1 aromatic rings. The Balaban J connectivity index is 2.47. The van der Waals surface area contributed by atoms with Gasteiger partial charge in [0.1, 0.15) is 0 Å². The molecule has 0 bridgehead atoms. The summed E-state index contributed by atoms with van der Waals surface area (Å²) in [5, 5.41) is 10.9. The van der Waals surface area contributed by atoms with Crippen LogP contribution >= 0.6 is 11.6 Å². The minimum atomic E-state index is -0.886. The highest BCUT2D eigenvalue weighted by Crippen LogP contribution is 2.31. The number of carbonyl (C=O) groups is 1. The highest BCUT2D eigenvalue weighted by atomic mass is 35.5. The number of nitro groups is 1. The van der Waals surface area contributed by atoms with E-state index in [-0.39, 0.29) is 22.9 Å². The number of Topliss-reactive ketones (excluding diaryl/α,β-unsaturated/α-hetero) is 1. The highest BCUT2D eigenvalue weighted by Gasteiger charge is 2.33. The first kappa shape index (κ1) is 14.1. The fourth-order valence-corrected chi connectivity index (χ4v) is 2.08. The fraction of sp³-hybridized carbons (Fsp3) is 0.154. The predicted molar refractivity (Wildman–Crippen MR) is 73.8 cm³/mol. The SMILES string of the molecule is Cc1ccc(C2=C(N)OC(C=CCl)C2=O)cc1[N+](=O)[O-]. The van der Waals surface area contributed by atoms with Crippen molar-refractivity contribution in [1.29, 1.82) is 0 Å². The Hall–Kier alpha value is -2.34. The van der Waals surface area contributed by atoms with E-state index in [0.717, 1.165) is 5.54 Å². The van der Waals surface area contributed by atoms with Gasteiger partial charge >= 0.3 is 0 Å². The summed E-state index contributed by atoms with van der Waals surface area (Å²) in [5.74, 6) is -0.439. The fourth-order valence-electron chi connectivity index (χ4n) is 1.95. The lowest BCUT2D eigenvalue weighted by Gasteiger charge is -2.03. The Morgan fingerprint density at radius 1 is 1.50 bits per heavy atom. The Morgan fingerprint density at radius 2 is 2.20 bits per heavy atom. The second-order valence-corrected chi connectivity index (χ2v) is 4.47. The van der Waals surface area contributed by atoms with Crippen LogP contribution in [0.2, 0.25) is 0 Å². The number of hydrogen-bond acceptors (Lipinski definition) is 5. The van der Waals surface area contributed by atoms with Gasteiger partial charge in [-0.1, -0.05) is 23.7 Å². The van der Waals surface area contributed by atoms with Crippen molar-refractivity contribution >= 4 is 28.6 Å². The van der Waals surface area contributed by atoms with Crippen LogP contribution in [-0.2, 0) is 9.53 Å². The summed E-state index contributed by atoms with van der Waals surface area (Å²) >= 11 is 5.41. The molecule has 0 saturated carbocycles. The molecule has 1 unspecified atom stereocenters. The van der Waals surface area contributed by atoms with Crippen LogP contribution in [0.1, 0.15) is 11.1 Å². The second kappa shape index (κ2) is 5.34. The standard InChI is InChI=1S/C13H11ClN2O4/c1-7-2-3-8(6-9(7)16(18)19)11-12(17)10(4-5-14)20-13(11)15/h2-6,10H,15H2,1H3. The molecule has 0 spiro atoms. The first-order valence-electron chi connectivity index (χ1n) is 5.68. The average molecular weight is 295 g/mol. The maximum Gasteiger partial charge on any atom is 0.272 e. The number of ether oxygens (including phenoxy) is 1. The molecule has 2 N–H and O–H groups in total. The van der Waals surface area contributed by atoms with Gasteiger partial charge in [-0.3, -0.25) is 14.9 Å². The van der Waals surface area contributed by atoms with E-state index in [1.165, 1.54) is 12.1 Å². The largest absolute Gasteiger partial charge is 0.463 e. The van der Waals surface area contributed by atoms with Crippen molar-refractivity contribution in [2.75, 3.05) is 0 Å². The van der Waals surface area contributed by atoms with Crippen LogP contribution < -0.4 is 5.73 Å². The van der Waals surface area contributed by atoms with Crippen LogP contribution in [0.5, 0.6) is 0 Å². The Labute approximate surface area is 119 Å². The van der Waals surface area contributed by atoms with Crippen molar-refractivity contribution in [3.8, 4) is 0 Å². The molecule has 2 rings (SSSR count). The van der Waals surface area contributed by atoms with Crippen molar-refractivity contribution < 1.29 is 14.5 Å². The molecule has 6 nitrogen and oxygen atoms in total. The first-order valence-corrected chi connectivity index (χ1v) is 6.12. The van der Waals surface area contributed by atoms with Gasteiger partial charge in [0.2, 0.25) is 5.78 Å². The summed E-state index contributed by atoms with van der Waals surface area (Å²) in [7, 11) is 0. The molecule has 20 heavy (non-hydrogen) atoms. The number of ketones is 1. The van der Waals surface area contributed by atoms with Crippen molar-refractivity contribution in [3.63, 3.8) is 0 Å². The quantitative estimate of drug-likeness (QED) is 0.681. The van der Waals surface area contributed by atoms with E-state index >= 15 is 0 Å². The van der Waals surface area contributed by atoms with E-state index in [2.05, 4.69) is 0 Å². The Morgan fingerprint density at radius 3 is 2.80 bits per heavy atom. The molecule has 104 valence electrons. The molecule has 1 aliphatic heterocycles. The van der Waals surface area contributed by atoms with Crippen molar-refractivity contribution in [2.45, 2.75) is 13.0 Å². The summed E-state index contributed by atoms with van der Waals surface area (Å²) in [5.41, 5.74) is 7.75. The van der Waals surface area contributed by atoms with E-state index in [1.54, 1.807) is 19.1 Å². The molecule has 0 radical (unpaired) electrons. The third-order valence-corrected chi connectivity index (χ3v) is 3.09. The van der Waals surface area contributed by atoms with Crippen molar-refractivity contribution in [2.24, 2.45) is 5.73 Å². The van der Waals surface area contributed by atoms with Crippen LogP contribution in [0.25, 0.3) is 5.57 Å². The number of nitrogens with zero attached hydrogens (tertiary/aromatic N) is 1. The van der Waals surface area contributed by atoms with E-state index in [0.29, 0.717) is 11.1 Å². The van der Waals surface area contributed by atoms with E-state index < -0.39 is 11.0 Å². The van der Waals surface area contributed by atoms with Gasteiger partial charge in [-0.25, -0.2) is 0 Å². The minimum Gasteiger partial charge on any atom is -0.463 e. The van der Waals surface area contributed by atoms with Gasteiger partial charge in [-0.05, 0) is 18.6 Å². The predicted octanol–water partition coefficient (Wildman–Crippen LogP) is 2.25. The number of benzene rings is 1. The summed E-state index contributed by atoms with van der Waals surface area (Å²) in [6.07, 6.45) is 0.467. The van der Waals surface area contributed by atoms with E-state index in [9.17, 15) is 14.9 Å². The number of nitrogens with two attached hydrogens (primary N) is 1. The zero-order valence-electron chi connectivity index (χ0n) is 10.5.